The largest absolute Gasteiger partial charge is 0.480 e. The van der Waals surface area contributed by atoms with Gasteiger partial charge in [0.25, 0.3) is 0 Å². The van der Waals surface area contributed by atoms with Crippen molar-refractivity contribution in [3.63, 3.8) is 0 Å². The highest BCUT2D eigenvalue weighted by molar-refractivity contribution is 5.79. The van der Waals surface area contributed by atoms with Crippen LogP contribution in [0, 0.1) is 0 Å². The molecule has 0 atom stereocenters. The molecule has 0 heterocycles. The third-order valence-corrected chi connectivity index (χ3v) is 4.61. The monoisotopic (exact) mass is 365 g/mol. The van der Waals surface area contributed by atoms with E-state index in [4.69, 9.17) is 9.84 Å². The highest BCUT2D eigenvalue weighted by atomic mass is 16.5. The summed E-state index contributed by atoms with van der Waals surface area (Å²) in [7, 11) is 0. The number of carbonyl (C=O) groups excluding carboxylic acids is 1. The van der Waals surface area contributed by atoms with Gasteiger partial charge in [-0.25, -0.2) is 0 Å². The molecular weight excluding hydrogens is 342 g/mol. The Kier molecular flexibility index (Phi) is 6.26. The van der Waals surface area contributed by atoms with Gasteiger partial charge in [0.15, 0.2) is 0 Å². The van der Waals surface area contributed by atoms with Crippen LogP contribution < -0.4 is 5.32 Å². The second-order valence-electron chi connectivity index (χ2n) is 6.48. The van der Waals surface area contributed by atoms with Gasteiger partial charge in [-0.1, -0.05) is 54.6 Å². The molecule has 0 spiro atoms. The van der Waals surface area contributed by atoms with Gasteiger partial charge in [-0.3, -0.25) is 9.59 Å². The van der Waals surface area contributed by atoms with Crippen LogP contribution in [-0.4, -0.2) is 30.2 Å². The SMILES string of the molecule is O=C(O)CNC=CCCCC(=O)OCC1c2ccccc2-c2ccccc21. The third kappa shape index (κ3) is 4.76. The Hall–Kier alpha value is -3.08. The topological polar surface area (TPSA) is 75.6 Å². The molecule has 0 unspecified atom stereocenters. The number of carbonyl (C=O) groups is 2. The van der Waals surface area contributed by atoms with Crippen molar-refractivity contribution >= 4 is 11.9 Å². The van der Waals surface area contributed by atoms with Crippen LogP contribution in [0.1, 0.15) is 36.3 Å². The van der Waals surface area contributed by atoms with Crippen molar-refractivity contribution in [3.8, 4) is 11.1 Å². The van der Waals surface area contributed by atoms with Crippen molar-refractivity contribution in [1.82, 2.24) is 5.32 Å². The molecule has 5 heteroatoms. The number of unbranched alkanes of at least 4 members (excludes halogenated alkanes) is 1. The normalized spacial score (nSPS) is 12.6. The number of carboxylic acids is 1. The minimum atomic E-state index is -0.904. The molecule has 2 N–H and O–H groups in total. The second-order valence-corrected chi connectivity index (χ2v) is 6.48. The number of benzene rings is 2. The van der Waals surface area contributed by atoms with Crippen LogP contribution in [0.5, 0.6) is 0 Å². The predicted molar refractivity (Wildman–Crippen MR) is 103 cm³/mol. The van der Waals surface area contributed by atoms with Gasteiger partial charge in [0, 0.05) is 12.3 Å². The number of esters is 1. The van der Waals surface area contributed by atoms with Crippen LogP contribution in [0.3, 0.4) is 0 Å². The highest BCUT2D eigenvalue weighted by Gasteiger charge is 2.28. The van der Waals surface area contributed by atoms with E-state index < -0.39 is 5.97 Å². The fraction of sp³-hybridized carbons (Fsp3) is 0.273. The number of fused-ring (bicyclic) bond motifs is 3. The van der Waals surface area contributed by atoms with Gasteiger partial charge >= 0.3 is 11.9 Å². The van der Waals surface area contributed by atoms with Gasteiger partial charge in [-0.05, 0) is 41.3 Å². The van der Waals surface area contributed by atoms with Crippen molar-refractivity contribution < 1.29 is 19.4 Å². The summed E-state index contributed by atoms with van der Waals surface area (Å²) in [5.41, 5.74) is 4.85. The maximum absolute atomic E-state index is 12.1. The number of rotatable bonds is 9. The first-order valence-corrected chi connectivity index (χ1v) is 9.11. The molecule has 2 aromatic carbocycles. The first-order valence-electron chi connectivity index (χ1n) is 9.11. The predicted octanol–water partition coefficient (Wildman–Crippen LogP) is 3.70. The Bertz CT molecular complexity index is 798. The molecule has 27 heavy (non-hydrogen) atoms. The zero-order valence-corrected chi connectivity index (χ0v) is 15.1. The molecule has 0 radical (unpaired) electrons. The molecule has 0 amide bonds. The molecule has 2 aromatic rings. The number of carboxylic acid groups (broad SMARTS) is 1. The molecule has 1 aliphatic rings. The van der Waals surface area contributed by atoms with Crippen LogP contribution in [0.25, 0.3) is 11.1 Å². The van der Waals surface area contributed by atoms with Gasteiger partial charge in [0.05, 0.1) is 0 Å². The van der Waals surface area contributed by atoms with Gasteiger partial charge in [0.2, 0.25) is 0 Å². The summed E-state index contributed by atoms with van der Waals surface area (Å²) < 4.78 is 5.54. The highest BCUT2D eigenvalue weighted by Crippen LogP contribution is 2.44. The Morgan fingerprint density at radius 1 is 1.04 bits per heavy atom. The molecular formula is C22H23NO4. The summed E-state index contributed by atoms with van der Waals surface area (Å²) in [6.45, 7) is 0.242. The van der Waals surface area contributed by atoms with Crippen molar-refractivity contribution in [1.29, 1.82) is 0 Å². The summed E-state index contributed by atoms with van der Waals surface area (Å²) in [6, 6.07) is 16.5. The summed E-state index contributed by atoms with van der Waals surface area (Å²) in [6.07, 6.45) is 5.13. The van der Waals surface area contributed by atoms with Gasteiger partial charge in [0.1, 0.15) is 13.2 Å². The van der Waals surface area contributed by atoms with E-state index in [0.29, 0.717) is 25.9 Å². The van der Waals surface area contributed by atoms with Crippen LogP contribution >= 0.6 is 0 Å². The Morgan fingerprint density at radius 3 is 2.30 bits per heavy atom. The molecule has 0 aliphatic heterocycles. The fourth-order valence-corrected chi connectivity index (χ4v) is 3.36. The lowest BCUT2D eigenvalue weighted by Gasteiger charge is -2.14. The van der Waals surface area contributed by atoms with E-state index in [1.54, 1.807) is 6.20 Å². The fourth-order valence-electron chi connectivity index (χ4n) is 3.36. The summed E-state index contributed by atoms with van der Waals surface area (Å²) in [5, 5.41) is 11.2. The van der Waals surface area contributed by atoms with E-state index >= 15 is 0 Å². The van der Waals surface area contributed by atoms with E-state index in [9.17, 15) is 9.59 Å². The van der Waals surface area contributed by atoms with Crippen LogP contribution in [-0.2, 0) is 14.3 Å². The number of hydrogen-bond acceptors (Lipinski definition) is 4. The van der Waals surface area contributed by atoms with Crippen LogP contribution in [0.4, 0.5) is 0 Å². The second kappa shape index (κ2) is 9.03. The molecule has 0 aromatic heterocycles. The lowest BCUT2D eigenvalue weighted by atomic mass is 9.98. The average Bonchev–Trinajstić information content (AvgIpc) is 2.99. The van der Waals surface area contributed by atoms with E-state index in [-0.39, 0.29) is 18.4 Å². The lowest BCUT2D eigenvalue weighted by molar-refractivity contribution is -0.144. The summed E-state index contributed by atoms with van der Waals surface area (Å²) >= 11 is 0. The molecule has 0 saturated heterocycles. The van der Waals surface area contributed by atoms with Crippen LogP contribution in [0.2, 0.25) is 0 Å². The van der Waals surface area contributed by atoms with Gasteiger partial charge < -0.3 is 15.2 Å². The Morgan fingerprint density at radius 2 is 1.67 bits per heavy atom. The van der Waals surface area contributed by atoms with E-state index in [0.717, 1.165) is 0 Å². The van der Waals surface area contributed by atoms with Crippen LogP contribution in [0.15, 0.2) is 60.8 Å². The molecule has 0 bridgehead atoms. The zero-order valence-electron chi connectivity index (χ0n) is 15.1. The Labute approximate surface area is 158 Å². The van der Waals surface area contributed by atoms with E-state index in [1.807, 2.05) is 30.3 Å². The van der Waals surface area contributed by atoms with Gasteiger partial charge in [-0.2, -0.15) is 0 Å². The number of aliphatic carboxylic acids is 1. The minimum Gasteiger partial charge on any atom is -0.480 e. The Balaban J connectivity index is 1.47. The maximum Gasteiger partial charge on any atom is 0.322 e. The van der Waals surface area contributed by atoms with Crippen molar-refractivity contribution in [2.75, 3.05) is 13.2 Å². The number of nitrogens with one attached hydrogen (secondary N) is 1. The van der Waals surface area contributed by atoms with Crippen molar-refractivity contribution in [2.45, 2.75) is 25.2 Å². The average molecular weight is 365 g/mol. The van der Waals surface area contributed by atoms with Crippen molar-refractivity contribution in [3.05, 3.63) is 71.9 Å². The standard InChI is InChI=1S/C22H23NO4/c24-21(25)14-23-13-7-1-2-12-22(26)27-15-20-18-10-5-3-8-16(18)17-9-4-6-11-19(17)20/h3-11,13,20,23H,1-2,12,14-15H2,(H,24,25). The van der Waals surface area contributed by atoms with Gasteiger partial charge in [-0.15, -0.1) is 0 Å². The molecule has 0 fully saturated rings. The van der Waals surface area contributed by atoms with E-state index in [1.165, 1.54) is 22.3 Å². The third-order valence-electron chi connectivity index (χ3n) is 4.61. The number of allylic oxidation sites excluding steroid dienone is 1. The molecule has 5 nitrogen and oxygen atoms in total. The summed E-state index contributed by atoms with van der Waals surface area (Å²) in [4.78, 5) is 22.4. The summed E-state index contributed by atoms with van der Waals surface area (Å²) in [5.74, 6) is -1.02. The lowest BCUT2D eigenvalue weighted by Crippen LogP contribution is -2.16. The first-order chi connectivity index (χ1) is 13.2. The van der Waals surface area contributed by atoms with Crippen molar-refractivity contribution in [2.24, 2.45) is 0 Å². The minimum absolute atomic E-state index is 0.0847. The molecule has 3 rings (SSSR count). The molecule has 1 aliphatic carbocycles. The van der Waals surface area contributed by atoms with E-state index in [2.05, 4.69) is 29.6 Å². The maximum atomic E-state index is 12.1. The molecule has 140 valence electrons. The number of ether oxygens (including phenoxy) is 1. The quantitative estimate of drug-likeness (QED) is 0.523. The zero-order chi connectivity index (χ0) is 19.1. The number of hydrogen-bond donors (Lipinski definition) is 2. The molecule has 0 saturated carbocycles. The first kappa shape index (κ1) is 18.7. The smallest absolute Gasteiger partial charge is 0.322 e.